The quantitative estimate of drug-likeness (QED) is 0.593. The molecule has 6 nitrogen and oxygen atoms in total. The number of nitrogens with one attached hydrogen (secondary N) is 2. The Labute approximate surface area is 178 Å². The molecule has 0 bridgehead atoms. The second-order valence-corrected chi connectivity index (χ2v) is 8.45. The summed E-state index contributed by atoms with van der Waals surface area (Å²) in [5.74, 6) is -7.29. The fraction of sp³-hybridized carbons (Fsp3) is 0.632. The number of hydrogen-bond donors (Lipinski definition) is 3. The minimum Gasteiger partial charge on any atom is -0.370 e. The molecule has 0 amide bonds. The highest BCUT2D eigenvalue weighted by Crippen LogP contribution is 2.48. The Morgan fingerprint density at radius 1 is 1.03 bits per heavy atom. The highest BCUT2D eigenvalue weighted by atomic mass is 19.4. The summed E-state index contributed by atoms with van der Waals surface area (Å²) in [6.45, 7) is 0. The number of halogens is 7. The first-order valence-corrected chi connectivity index (χ1v) is 10.1. The zero-order valence-corrected chi connectivity index (χ0v) is 16.7. The molecule has 1 aromatic heterocycles. The summed E-state index contributed by atoms with van der Waals surface area (Å²) in [4.78, 5) is 12.0. The molecule has 2 heterocycles. The van der Waals surface area contributed by atoms with E-state index in [1.807, 2.05) is 0 Å². The van der Waals surface area contributed by atoms with Crippen molar-refractivity contribution >= 4 is 11.9 Å². The first kappa shape index (κ1) is 22.6. The Morgan fingerprint density at radius 2 is 1.72 bits per heavy atom. The number of alkyl halides is 7. The lowest BCUT2D eigenvalue weighted by molar-refractivity contribution is -0.141. The number of nitrogens with two attached hydrogens (primary N) is 1. The fourth-order valence-electron chi connectivity index (χ4n) is 4.50. The second-order valence-electron chi connectivity index (χ2n) is 8.45. The normalized spacial score (nSPS) is 33.0. The van der Waals surface area contributed by atoms with E-state index in [9.17, 15) is 30.7 Å². The van der Waals surface area contributed by atoms with Gasteiger partial charge in [0.25, 0.3) is 0 Å². The van der Waals surface area contributed by atoms with Crippen LogP contribution in [0.1, 0.15) is 49.9 Å². The van der Waals surface area contributed by atoms with Gasteiger partial charge in [-0.15, -0.1) is 0 Å². The van der Waals surface area contributed by atoms with Gasteiger partial charge in [-0.1, -0.05) is 6.07 Å². The van der Waals surface area contributed by atoms with Gasteiger partial charge < -0.3 is 11.1 Å². The molecule has 13 heteroatoms. The summed E-state index contributed by atoms with van der Waals surface area (Å²) >= 11 is 0. The molecule has 176 valence electrons. The summed E-state index contributed by atoms with van der Waals surface area (Å²) in [7, 11) is 0. The highest BCUT2D eigenvalue weighted by Gasteiger charge is 2.54. The summed E-state index contributed by atoms with van der Waals surface area (Å²) in [5, 5.41) is 5.36. The molecule has 3 aliphatic rings. The molecule has 4 N–H and O–H groups in total. The highest BCUT2D eigenvalue weighted by molar-refractivity contribution is 6.00. The van der Waals surface area contributed by atoms with Crippen molar-refractivity contribution in [2.24, 2.45) is 21.6 Å². The molecule has 1 aromatic rings. The van der Waals surface area contributed by atoms with Crippen LogP contribution in [0.3, 0.4) is 0 Å². The van der Waals surface area contributed by atoms with Gasteiger partial charge in [0.05, 0.1) is 11.7 Å². The molecule has 0 spiro atoms. The third-order valence-corrected chi connectivity index (χ3v) is 5.97. The smallest absolute Gasteiger partial charge is 0.370 e. The molecular weight excluding hydrogens is 445 g/mol. The lowest BCUT2D eigenvalue weighted by atomic mass is 9.87. The lowest BCUT2D eigenvalue weighted by Gasteiger charge is -2.40. The van der Waals surface area contributed by atoms with Crippen LogP contribution in [0.15, 0.2) is 28.2 Å². The molecule has 1 unspecified atom stereocenters. The SMILES string of the molecule is NC1=NC(c2cccc(C(F)(F)F)n2)([C@@H]2CCC(F)(F)C2)NC(=N[C@@H]2CCC(F)(F)C2)N1. The van der Waals surface area contributed by atoms with E-state index in [0.717, 1.165) is 12.1 Å². The van der Waals surface area contributed by atoms with E-state index in [1.165, 1.54) is 6.07 Å². The number of guanidine groups is 2. The average molecular weight is 466 g/mol. The van der Waals surface area contributed by atoms with Gasteiger partial charge in [-0.3, -0.25) is 5.32 Å². The average Bonchev–Trinajstić information content (AvgIpc) is 3.21. The molecular formula is C19H21F7N6. The largest absolute Gasteiger partial charge is 0.433 e. The molecule has 0 saturated heterocycles. The Bertz CT molecular complexity index is 944. The van der Waals surface area contributed by atoms with Crippen LogP contribution in [0.25, 0.3) is 0 Å². The number of hydrogen-bond acceptors (Lipinski definition) is 4. The molecule has 0 radical (unpaired) electrons. The van der Waals surface area contributed by atoms with Crippen LogP contribution < -0.4 is 16.4 Å². The van der Waals surface area contributed by atoms with E-state index in [2.05, 4.69) is 25.6 Å². The third kappa shape index (κ3) is 4.46. The zero-order chi connectivity index (χ0) is 23.4. The van der Waals surface area contributed by atoms with Gasteiger partial charge in [0.2, 0.25) is 17.8 Å². The molecule has 1 aliphatic heterocycles. The maximum Gasteiger partial charge on any atom is 0.433 e. The Balaban J connectivity index is 1.77. The van der Waals surface area contributed by atoms with E-state index in [0.29, 0.717) is 0 Å². The van der Waals surface area contributed by atoms with Gasteiger partial charge in [0, 0.05) is 31.6 Å². The van der Waals surface area contributed by atoms with E-state index >= 15 is 0 Å². The van der Waals surface area contributed by atoms with Crippen molar-refractivity contribution in [3.8, 4) is 0 Å². The van der Waals surface area contributed by atoms with Crippen molar-refractivity contribution in [3.63, 3.8) is 0 Å². The van der Waals surface area contributed by atoms with E-state index in [4.69, 9.17) is 5.73 Å². The second kappa shape index (κ2) is 7.48. The summed E-state index contributed by atoms with van der Waals surface area (Å²) in [6, 6.07) is 2.32. The minimum absolute atomic E-state index is 0.0660. The Morgan fingerprint density at radius 3 is 2.31 bits per heavy atom. The van der Waals surface area contributed by atoms with Gasteiger partial charge in [-0.25, -0.2) is 32.5 Å². The van der Waals surface area contributed by atoms with Gasteiger partial charge in [0.1, 0.15) is 5.69 Å². The maximum absolute atomic E-state index is 14.1. The maximum atomic E-state index is 14.1. The first-order chi connectivity index (χ1) is 14.8. The van der Waals surface area contributed by atoms with Gasteiger partial charge in [0.15, 0.2) is 11.6 Å². The lowest BCUT2D eigenvalue weighted by Crippen LogP contribution is -2.61. The van der Waals surface area contributed by atoms with Crippen LogP contribution >= 0.6 is 0 Å². The minimum atomic E-state index is -4.77. The van der Waals surface area contributed by atoms with Crippen LogP contribution in [-0.4, -0.2) is 34.8 Å². The van der Waals surface area contributed by atoms with Gasteiger partial charge in [-0.05, 0) is 25.0 Å². The number of pyridine rings is 1. The Kier molecular flexibility index (Phi) is 5.28. The number of rotatable bonds is 3. The standard InChI is InChI=1S/C19H21F7N6/c20-16(21)6-4-10(8-16)18(12-2-1-3-13(29-12)19(24,25)26)31-14(27)30-15(32-18)28-11-5-7-17(22,23)9-11/h1-3,10-11H,4-9H2,(H4,27,28,30,31,32)/t10-,11-,18?/m1/s1. The van der Waals surface area contributed by atoms with Crippen molar-refractivity contribution < 1.29 is 30.7 Å². The topological polar surface area (TPSA) is 87.7 Å². The predicted molar refractivity (Wildman–Crippen MR) is 101 cm³/mol. The van der Waals surface area contributed by atoms with E-state index in [-0.39, 0.29) is 36.9 Å². The van der Waals surface area contributed by atoms with Crippen LogP contribution in [0, 0.1) is 5.92 Å². The number of aromatic nitrogens is 1. The molecule has 2 saturated carbocycles. The Hall–Kier alpha value is -2.60. The third-order valence-electron chi connectivity index (χ3n) is 5.97. The van der Waals surface area contributed by atoms with Gasteiger partial charge >= 0.3 is 6.18 Å². The van der Waals surface area contributed by atoms with Crippen LogP contribution in [-0.2, 0) is 11.8 Å². The van der Waals surface area contributed by atoms with Gasteiger partial charge in [-0.2, -0.15) is 13.2 Å². The molecule has 0 aromatic carbocycles. The number of aliphatic imine (C=N–C) groups is 2. The van der Waals surface area contributed by atoms with Crippen molar-refractivity contribution in [1.29, 1.82) is 0 Å². The van der Waals surface area contributed by atoms with Crippen LogP contribution in [0.4, 0.5) is 30.7 Å². The molecule has 4 rings (SSSR count). The van der Waals surface area contributed by atoms with Crippen LogP contribution in [0.5, 0.6) is 0 Å². The van der Waals surface area contributed by atoms with Crippen molar-refractivity contribution in [1.82, 2.24) is 15.6 Å². The van der Waals surface area contributed by atoms with E-state index < -0.39 is 60.6 Å². The van der Waals surface area contributed by atoms with Crippen LogP contribution in [0.2, 0.25) is 0 Å². The summed E-state index contributed by atoms with van der Waals surface area (Å²) in [5.41, 5.74) is 2.51. The molecule has 3 atom stereocenters. The molecule has 2 aliphatic carbocycles. The van der Waals surface area contributed by atoms with E-state index in [1.54, 1.807) is 0 Å². The van der Waals surface area contributed by atoms with Crippen molar-refractivity contribution in [3.05, 3.63) is 29.6 Å². The van der Waals surface area contributed by atoms with Crippen molar-refractivity contribution in [2.45, 2.75) is 68.3 Å². The summed E-state index contributed by atoms with van der Waals surface area (Å²) in [6.07, 6.45) is -6.75. The molecule has 2 fully saturated rings. The monoisotopic (exact) mass is 466 g/mol. The van der Waals surface area contributed by atoms with Crippen molar-refractivity contribution in [2.75, 3.05) is 0 Å². The first-order valence-electron chi connectivity index (χ1n) is 10.1. The zero-order valence-electron chi connectivity index (χ0n) is 16.7. The predicted octanol–water partition coefficient (Wildman–Crippen LogP) is 3.74. The summed E-state index contributed by atoms with van der Waals surface area (Å²) < 4.78 is 95.1. The fourth-order valence-corrected chi connectivity index (χ4v) is 4.50. The molecule has 32 heavy (non-hydrogen) atoms. The number of nitrogens with zero attached hydrogens (tertiary/aromatic N) is 3.